The number of rotatable bonds is 4. The highest BCUT2D eigenvalue weighted by Gasteiger charge is 2.43. The van der Waals surface area contributed by atoms with Gasteiger partial charge in [0.25, 0.3) is 0 Å². The summed E-state index contributed by atoms with van der Waals surface area (Å²) in [6.07, 6.45) is 4.78. The highest BCUT2D eigenvalue weighted by Crippen LogP contribution is 2.35. The van der Waals surface area contributed by atoms with Gasteiger partial charge in [-0.25, -0.2) is 12.7 Å². The summed E-state index contributed by atoms with van der Waals surface area (Å²) in [6, 6.07) is 0. The molecule has 0 unspecified atom stereocenters. The summed E-state index contributed by atoms with van der Waals surface area (Å²) < 4.78 is 24.5. The Morgan fingerprint density at radius 3 is 2.11 bits per heavy atom. The van der Waals surface area contributed by atoms with E-state index in [-0.39, 0.29) is 12.0 Å². The monoisotopic (exact) mass is 290 g/mol. The summed E-state index contributed by atoms with van der Waals surface area (Å²) in [5.41, 5.74) is -0.344. The van der Waals surface area contributed by atoms with E-state index < -0.39 is 16.0 Å². The average Bonchev–Trinajstić information content (AvgIpc) is 2.81. The van der Waals surface area contributed by atoms with E-state index in [0.29, 0.717) is 25.9 Å². The van der Waals surface area contributed by atoms with Crippen LogP contribution in [0, 0.1) is 0 Å². The number of carboxylic acid groups (broad SMARTS) is 1. The van der Waals surface area contributed by atoms with Crippen LogP contribution in [-0.4, -0.2) is 66.7 Å². The molecule has 0 bridgehead atoms. The molecular formula is C12H22N2O4S. The van der Waals surface area contributed by atoms with Gasteiger partial charge in [0.05, 0.1) is 12.7 Å². The maximum absolute atomic E-state index is 11.5. The molecule has 0 aromatic carbocycles. The fourth-order valence-electron chi connectivity index (χ4n) is 3.31. The van der Waals surface area contributed by atoms with Gasteiger partial charge in [-0.05, 0) is 38.8 Å². The van der Waals surface area contributed by atoms with Crippen molar-refractivity contribution in [3.05, 3.63) is 0 Å². The van der Waals surface area contributed by atoms with Crippen molar-refractivity contribution >= 4 is 16.0 Å². The van der Waals surface area contributed by atoms with Gasteiger partial charge in [0.2, 0.25) is 10.0 Å². The first-order valence-corrected chi connectivity index (χ1v) is 8.60. The number of carbonyl (C=O) groups is 1. The Morgan fingerprint density at radius 1 is 1.16 bits per heavy atom. The van der Waals surface area contributed by atoms with Gasteiger partial charge in [-0.2, -0.15) is 0 Å². The van der Waals surface area contributed by atoms with Gasteiger partial charge in [-0.1, -0.05) is 0 Å². The zero-order valence-corrected chi connectivity index (χ0v) is 12.2. The molecular weight excluding hydrogens is 268 g/mol. The zero-order valence-electron chi connectivity index (χ0n) is 11.3. The number of hydrogen-bond acceptors (Lipinski definition) is 4. The molecule has 0 aromatic heterocycles. The molecule has 7 heteroatoms. The normalized spacial score (nSPS) is 25.5. The maximum Gasteiger partial charge on any atom is 0.305 e. The topological polar surface area (TPSA) is 77.9 Å². The van der Waals surface area contributed by atoms with Gasteiger partial charge in [-0.15, -0.1) is 0 Å². The number of piperidine rings is 1. The van der Waals surface area contributed by atoms with E-state index in [2.05, 4.69) is 4.90 Å². The molecule has 0 aromatic rings. The van der Waals surface area contributed by atoms with Crippen molar-refractivity contribution in [3.8, 4) is 0 Å². The molecule has 2 saturated heterocycles. The van der Waals surface area contributed by atoms with E-state index in [4.69, 9.17) is 5.11 Å². The predicted octanol–water partition coefficient (Wildman–Crippen LogP) is 0.351. The standard InChI is InChI=1S/C12H22N2O4S/c1-19(17,18)14-8-4-12(5-9-14,10-11(15)16)13-6-2-3-7-13/h2-10H2,1H3,(H,15,16). The Morgan fingerprint density at radius 2 is 1.68 bits per heavy atom. The first-order valence-electron chi connectivity index (χ1n) is 6.75. The largest absolute Gasteiger partial charge is 0.481 e. The average molecular weight is 290 g/mol. The summed E-state index contributed by atoms with van der Waals surface area (Å²) in [7, 11) is -3.16. The minimum absolute atomic E-state index is 0.116. The Balaban J connectivity index is 2.11. The van der Waals surface area contributed by atoms with Crippen molar-refractivity contribution < 1.29 is 18.3 Å². The van der Waals surface area contributed by atoms with Crippen LogP contribution in [-0.2, 0) is 14.8 Å². The van der Waals surface area contributed by atoms with Crippen LogP contribution >= 0.6 is 0 Å². The lowest BCUT2D eigenvalue weighted by molar-refractivity contribution is -0.141. The quantitative estimate of drug-likeness (QED) is 0.808. The van der Waals surface area contributed by atoms with Gasteiger partial charge in [-0.3, -0.25) is 9.69 Å². The number of aliphatic carboxylic acids is 1. The number of likely N-dealkylation sites (tertiary alicyclic amines) is 1. The molecule has 0 spiro atoms. The molecule has 2 aliphatic heterocycles. The van der Waals surface area contributed by atoms with E-state index in [9.17, 15) is 13.2 Å². The maximum atomic E-state index is 11.5. The van der Waals surface area contributed by atoms with Crippen LogP contribution in [0.1, 0.15) is 32.1 Å². The Bertz CT molecular complexity index is 435. The van der Waals surface area contributed by atoms with Crippen molar-refractivity contribution in [1.29, 1.82) is 0 Å². The van der Waals surface area contributed by atoms with Crippen LogP contribution in [0.3, 0.4) is 0 Å². The minimum atomic E-state index is -3.16. The molecule has 0 atom stereocenters. The van der Waals surface area contributed by atoms with Crippen LogP contribution in [0.4, 0.5) is 0 Å². The van der Waals surface area contributed by atoms with Crippen LogP contribution in [0.25, 0.3) is 0 Å². The van der Waals surface area contributed by atoms with Gasteiger partial charge in [0, 0.05) is 18.6 Å². The molecule has 0 aliphatic carbocycles. The highest BCUT2D eigenvalue weighted by atomic mass is 32.2. The Labute approximate surface area is 114 Å². The van der Waals surface area contributed by atoms with Crippen LogP contribution in [0.15, 0.2) is 0 Å². The second kappa shape index (κ2) is 5.38. The lowest BCUT2D eigenvalue weighted by Crippen LogP contribution is -2.56. The van der Waals surface area contributed by atoms with E-state index in [1.165, 1.54) is 10.6 Å². The molecule has 2 rings (SSSR count). The minimum Gasteiger partial charge on any atom is -0.481 e. The molecule has 0 amide bonds. The van der Waals surface area contributed by atoms with Crippen molar-refractivity contribution in [3.63, 3.8) is 0 Å². The Hall–Kier alpha value is -0.660. The van der Waals surface area contributed by atoms with Crippen LogP contribution < -0.4 is 0 Å². The molecule has 2 aliphatic rings. The van der Waals surface area contributed by atoms with Crippen molar-refractivity contribution in [2.75, 3.05) is 32.4 Å². The second-order valence-corrected chi connectivity index (χ2v) is 7.63. The van der Waals surface area contributed by atoms with E-state index in [0.717, 1.165) is 25.9 Å². The second-order valence-electron chi connectivity index (χ2n) is 5.65. The molecule has 19 heavy (non-hydrogen) atoms. The van der Waals surface area contributed by atoms with Crippen LogP contribution in [0.2, 0.25) is 0 Å². The molecule has 2 fully saturated rings. The van der Waals surface area contributed by atoms with Gasteiger partial charge in [0.15, 0.2) is 0 Å². The molecule has 0 radical (unpaired) electrons. The predicted molar refractivity (Wildman–Crippen MR) is 71.4 cm³/mol. The molecule has 2 heterocycles. The molecule has 6 nitrogen and oxygen atoms in total. The number of hydrogen-bond donors (Lipinski definition) is 1. The zero-order chi connectivity index (χ0) is 14.1. The SMILES string of the molecule is CS(=O)(=O)N1CCC(CC(=O)O)(N2CCCC2)CC1. The molecule has 110 valence electrons. The first-order chi connectivity index (χ1) is 8.83. The number of carboxylic acids is 1. The third kappa shape index (κ3) is 3.27. The van der Waals surface area contributed by atoms with Gasteiger partial charge >= 0.3 is 5.97 Å². The number of nitrogens with zero attached hydrogens (tertiary/aromatic N) is 2. The fourth-order valence-corrected chi connectivity index (χ4v) is 4.16. The summed E-state index contributed by atoms with van der Waals surface area (Å²) in [6.45, 7) is 2.74. The summed E-state index contributed by atoms with van der Waals surface area (Å²) in [4.78, 5) is 13.4. The summed E-state index contributed by atoms with van der Waals surface area (Å²) >= 11 is 0. The van der Waals surface area contributed by atoms with E-state index in [1.54, 1.807) is 0 Å². The fraction of sp³-hybridized carbons (Fsp3) is 0.917. The van der Waals surface area contributed by atoms with Crippen molar-refractivity contribution in [1.82, 2.24) is 9.21 Å². The first kappa shape index (κ1) is 14.7. The third-order valence-corrected chi connectivity index (χ3v) is 5.68. The van der Waals surface area contributed by atoms with Crippen molar-refractivity contribution in [2.24, 2.45) is 0 Å². The van der Waals surface area contributed by atoms with Crippen molar-refractivity contribution in [2.45, 2.75) is 37.6 Å². The molecule has 1 N–H and O–H groups in total. The smallest absolute Gasteiger partial charge is 0.305 e. The van der Waals surface area contributed by atoms with Gasteiger partial charge in [0.1, 0.15) is 0 Å². The highest BCUT2D eigenvalue weighted by molar-refractivity contribution is 7.88. The van der Waals surface area contributed by atoms with Crippen LogP contribution in [0.5, 0.6) is 0 Å². The lowest BCUT2D eigenvalue weighted by atomic mass is 9.83. The summed E-state index contributed by atoms with van der Waals surface area (Å²) in [5, 5.41) is 9.16. The molecule has 0 saturated carbocycles. The Kier molecular flexibility index (Phi) is 4.17. The number of sulfonamides is 1. The van der Waals surface area contributed by atoms with E-state index in [1.807, 2.05) is 0 Å². The van der Waals surface area contributed by atoms with E-state index >= 15 is 0 Å². The summed E-state index contributed by atoms with van der Waals surface area (Å²) in [5.74, 6) is -0.792. The lowest BCUT2D eigenvalue weighted by Gasteiger charge is -2.46. The third-order valence-electron chi connectivity index (χ3n) is 4.38. The van der Waals surface area contributed by atoms with Gasteiger partial charge < -0.3 is 5.11 Å².